The molecule has 1 atom stereocenters. The third kappa shape index (κ3) is 1.61. The fourth-order valence-electron chi connectivity index (χ4n) is 1.88. The van der Waals surface area contributed by atoms with Gasteiger partial charge in [-0.05, 0) is 25.1 Å². The molecule has 5 nitrogen and oxygen atoms in total. The standard InChI is InChI=1S/C12H9FN2O3/c1-7-5-12(11(16)17,15-18-7)10-8(6-14)3-2-4-9(10)13/h2-5,15H,1H3,(H,16,17). The lowest BCUT2D eigenvalue weighted by Gasteiger charge is -2.22. The van der Waals surface area contributed by atoms with E-state index in [0.29, 0.717) is 5.76 Å². The predicted octanol–water partition coefficient (Wildman–Crippen LogP) is 1.42. The largest absolute Gasteiger partial charge is 0.479 e. The second-order valence-electron chi connectivity index (χ2n) is 3.85. The molecule has 1 aliphatic heterocycles. The second-order valence-corrected chi connectivity index (χ2v) is 3.85. The summed E-state index contributed by atoms with van der Waals surface area (Å²) in [6, 6.07) is 5.58. The van der Waals surface area contributed by atoms with Crippen LogP contribution in [0.25, 0.3) is 0 Å². The third-order valence-electron chi connectivity index (χ3n) is 2.66. The van der Waals surface area contributed by atoms with Crippen molar-refractivity contribution in [1.29, 1.82) is 5.26 Å². The Balaban J connectivity index is 2.74. The van der Waals surface area contributed by atoms with Crippen molar-refractivity contribution in [3.05, 3.63) is 47.0 Å². The van der Waals surface area contributed by atoms with E-state index in [-0.39, 0.29) is 11.1 Å². The number of nitrogens with zero attached hydrogens (tertiary/aromatic N) is 1. The highest BCUT2D eigenvalue weighted by Crippen LogP contribution is 2.33. The first-order chi connectivity index (χ1) is 8.51. The molecule has 0 aliphatic carbocycles. The van der Waals surface area contributed by atoms with E-state index >= 15 is 0 Å². The smallest absolute Gasteiger partial charge is 0.336 e. The number of halogens is 1. The lowest BCUT2D eigenvalue weighted by atomic mass is 9.86. The van der Waals surface area contributed by atoms with E-state index in [9.17, 15) is 14.3 Å². The molecule has 2 N–H and O–H groups in total. The van der Waals surface area contributed by atoms with Gasteiger partial charge in [0.2, 0.25) is 5.54 Å². The monoisotopic (exact) mass is 248 g/mol. The van der Waals surface area contributed by atoms with Gasteiger partial charge in [0, 0.05) is 5.56 Å². The fourth-order valence-corrected chi connectivity index (χ4v) is 1.88. The Morgan fingerprint density at radius 1 is 1.61 bits per heavy atom. The molecule has 0 amide bonds. The molecule has 6 heteroatoms. The summed E-state index contributed by atoms with van der Waals surface area (Å²) >= 11 is 0. The molecule has 1 unspecified atom stereocenters. The molecule has 0 fully saturated rings. The SMILES string of the molecule is CC1=CC(C(=O)O)(c2c(F)cccc2C#N)NO1. The number of aliphatic carboxylic acids is 1. The number of nitrogens with one attached hydrogen (secondary N) is 1. The maximum absolute atomic E-state index is 13.9. The van der Waals surface area contributed by atoms with Gasteiger partial charge in [-0.2, -0.15) is 5.26 Å². The zero-order valence-corrected chi connectivity index (χ0v) is 9.40. The molecule has 0 saturated carbocycles. The van der Waals surface area contributed by atoms with Crippen molar-refractivity contribution in [2.24, 2.45) is 0 Å². The molecule has 1 aliphatic rings. The highest BCUT2D eigenvalue weighted by Gasteiger charge is 2.47. The van der Waals surface area contributed by atoms with Crippen LogP contribution in [-0.4, -0.2) is 11.1 Å². The highest BCUT2D eigenvalue weighted by molar-refractivity contribution is 5.85. The number of hydrogen-bond acceptors (Lipinski definition) is 4. The molecule has 1 heterocycles. The van der Waals surface area contributed by atoms with Gasteiger partial charge in [0.25, 0.3) is 0 Å². The molecule has 0 aromatic heterocycles. The van der Waals surface area contributed by atoms with Crippen molar-refractivity contribution in [1.82, 2.24) is 5.48 Å². The number of carboxylic acid groups (broad SMARTS) is 1. The van der Waals surface area contributed by atoms with Gasteiger partial charge >= 0.3 is 5.97 Å². The van der Waals surface area contributed by atoms with E-state index < -0.39 is 17.3 Å². The van der Waals surface area contributed by atoms with E-state index in [1.807, 2.05) is 0 Å². The maximum atomic E-state index is 13.9. The Labute approximate surface area is 102 Å². The van der Waals surface area contributed by atoms with E-state index in [4.69, 9.17) is 10.1 Å². The molecule has 0 bridgehead atoms. The van der Waals surface area contributed by atoms with Gasteiger partial charge < -0.3 is 9.94 Å². The summed E-state index contributed by atoms with van der Waals surface area (Å²) in [4.78, 5) is 16.3. The van der Waals surface area contributed by atoms with E-state index in [1.165, 1.54) is 25.1 Å². The summed E-state index contributed by atoms with van der Waals surface area (Å²) in [5, 5.41) is 18.3. The van der Waals surface area contributed by atoms with Gasteiger partial charge in [-0.25, -0.2) is 9.18 Å². The van der Waals surface area contributed by atoms with Crippen LogP contribution in [0.15, 0.2) is 30.0 Å². The molecule has 0 radical (unpaired) electrons. The average Bonchev–Trinajstić information content (AvgIpc) is 2.72. The number of carbonyl (C=O) groups is 1. The zero-order valence-electron chi connectivity index (χ0n) is 9.40. The van der Waals surface area contributed by atoms with Gasteiger partial charge in [0.05, 0.1) is 11.6 Å². The number of allylic oxidation sites excluding steroid dienone is 1. The molecule has 1 aromatic rings. The van der Waals surface area contributed by atoms with Crippen LogP contribution in [0, 0.1) is 17.1 Å². The molecular formula is C12H9FN2O3. The van der Waals surface area contributed by atoms with Gasteiger partial charge in [-0.3, -0.25) is 0 Å². The molecule has 18 heavy (non-hydrogen) atoms. The van der Waals surface area contributed by atoms with Crippen molar-refractivity contribution in [2.75, 3.05) is 0 Å². The van der Waals surface area contributed by atoms with Crippen LogP contribution in [0.5, 0.6) is 0 Å². The first-order valence-corrected chi connectivity index (χ1v) is 5.07. The van der Waals surface area contributed by atoms with Crippen molar-refractivity contribution >= 4 is 5.97 Å². The van der Waals surface area contributed by atoms with Crippen molar-refractivity contribution in [3.63, 3.8) is 0 Å². The van der Waals surface area contributed by atoms with Gasteiger partial charge in [-0.1, -0.05) is 6.07 Å². The van der Waals surface area contributed by atoms with Gasteiger partial charge in [0.15, 0.2) is 0 Å². The summed E-state index contributed by atoms with van der Waals surface area (Å²) in [6.07, 6.45) is 1.23. The van der Waals surface area contributed by atoms with E-state index in [2.05, 4.69) is 5.48 Å². The Bertz CT molecular complexity index is 591. The van der Waals surface area contributed by atoms with Crippen LogP contribution >= 0.6 is 0 Å². The molecule has 1 aromatic carbocycles. The van der Waals surface area contributed by atoms with Crippen molar-refractivity contribution in [3.8, 4) is 6.07 Å². The lowest BCUT2D eigenvalue weighted by Crippen LogP contribution is -2.45. The molecule has 2 rings (SSSR count). The average molecular weight is 248 g/mol. The fraction of sp³-hybridized carbons (Fsp3) is 0.167. The minimum Gasteiger partial charge on any atom is -0.479 e. The van der Waals surface area contributed by atoms with Crippen LogP contribution in [0.4, 0.5) is 4.39 Å². The van der Waals surface area contributed by atoms with Crippen LogP contribution < -0.4 is 5.48 Å². The van der Waals surface area contributed by atoms with Crippen molar-refractivity contribution < 1.29 is 19.1 Å². The first-order valence-electron chi connectivity index (χ1n) is 5.07. The zero-order chi connectivity index (χ0) is 13.3. The van der Waals surface area contributed by atoms with Crippen LogP contribution in [-0.2, 0) is 15.2 Å². The minimum atomic E-state index is -1.87. The lowest BCUT2D eigenvalue weighted by molar-refractivity contribution is -0.146. The number of benzene rings is 1. The van der Waals surface area contributed by atoms with Crippen molar-refractivity contribution in [2.45, 2.75) is 12.5 Å². The number of nitriles is 1. The number of rotatable bonds is 2. The Kier molecular flexibility index (Phi) is 2.77. The maximum Gasteiger partial charge on any atom is 0.336 e. The van der Waals surface area contributed by atoms with Crippen LogP contribution in [0.2, 0.25) is 0 Å². The van der Waals surface area contributed by atoms with Crippen LogP contribution in [0.3, 0.4) is 0 Å². The number of carboxylic acids is 1. The summed E-state index contributed by atoms with van der Waals surface area (Å²) < 4.78 is 13.9. The normalized spacial score (nSPS) is 21.9. The Morgan fingerprint density at radius 3 is 2.83 bits per heavy atom. The summed E-state index contributed by atoms with van der Waals surface area (Å²) in [7, 11) is 0. The second kappa shape index (κ2) is 4.13. The van der Waals surface area contributed by atoms with Gasteiger partial charge in [-0.15, -0.1) is 5.48 Å². The topological polar surface area (TPSA) is 82.3 Å². The molecule has 0 spiro atoms. The summed E-state index contributed by atoms with van der Waals surface area (Å²) in [5.74, 6) is -1.83. The molecule has 0 saturated heterocycles. The summed E-state index contributed by atoms with van der Waals surface area (Å²) in [6.45, 7) is 1.53. The van der Waals surface area contributed by atoms with Gasteiger partial charge in [0.1, 0.15) is 11.6 Å². The number of hydroxylamine groups is 1. The minimum absolute atomic E-state index is 0.0561. The van der Waals surface area contributed by atoms with E-state index in [0.717, 1.165) is 6.07 Å². The molecule has 92 valence electrons. The quantitative estimate of drug-likeness (QED) is 0.827. The third-order valence-corrected chi connectivity index (χ3v) is 2.66. The summed E-state index contributed by atoms with van der Waals surface area (Å²) in [5.41, 5.74) is 0.0844. The van der Waals surface area contributed by atoms with E-state index in [1.54, 1.807) is 6.07 Å². The number of hydrogen-bond donors (Lipinski definition) is 2. The predicted molar refractivity (Wildman–Crippen MR) is 58.4 cm³/mol. The Morgan fingerprint density at radius 2 is 2.33 bits per heavy atom. The van der Waals surface area contributed by atoms with Crippen LogP contribution in [0.1, 0.15) is 18.1 Å². The Hall–Kier alpha value is -2.39. The first kappa shape index (κ1) is 12.1. The molecular weight excluding hydrogens is 239 g/mol. The highest BCUT2D eigenvalue weighted by atomic mass is 19.1.